The molecule has 1 amide bonds. The molecule has 0 radical (unpaired) electrons. The highest BCUT2D eigenvalue weighted by molar-refractivity contribution is 5.94. The van der Waals surface area contributed by atoms with Crippen LogP contribution in [0.2, 0.25) is 0 Å². The Morgan fingerprint density at radius 2 is 1.97 bits per heavy atom. The van der Waals surface area contributed by atoms with Crippen molar-refractivity contribution in [1.82, 2.24) is 9.88 Å². The van der Waals surface area contributed by atoms with Crippen molar-refractivity contribution in [2.24, 2.45) is 0 Å². The SMILES string of the molecule is CCOC(=O)c1cn(C2CC2)c2c(F)c(/C=C/CNC(=O)OC(C)(C)C)c(F)cc2c1=O. The molecule has 0 atom stereocenters. The molecule has 172 valence electrons. The minimum absolute atomic E-state index is 0.0109. The number of hydrogen-bond donors (Lipinski definition) is 1. The number of pyridine rings is 1. The molecule has 9 heteroatoms. The molecule has 0 unspecified atom stereocenters. The summed E-state index contributed by atoms with van der Waals surface area (Å²) in [5.74, 6) is -2.69. The van der Waals surface area contributed by atoms with Crippen LogP contribution < -0.4 is 10.7 Å². The van der Waals surface area contributed by atoms with Crippen molar-refractivity contribution in [2.75, 3.05) is 13.2 Å². The van der Waals surface area contributed by atoms with E-state index in [0.717, 1.165) is 18.9 Å². The van der Waals surface area contributed by atoms with Crippen molar-refractivity contribution in [3.8, 4) is 0 Å². The molecule has 32 heavy (non-hydrogen) atoms. The third-order valence-electron chi connectivity index (χ3n) is 4.73. The van der Waals surface area contributed by atoms with Crippen LogP contribution in [0, 0.1) is 11.6 Å². The number of ether oxygens (including phenoxy) is 2. The number of benzene rings is 1. The molecule has 1 aromatic carbocycles. The van der Waals surface area contributed by atoms with Crippen molar-refractivity contribution in [1.29, 1.82) is 0 Å². The van der Waals surface area contributed by atoms with E-state index in [-0.39, 0.29) is 41.2 Å². The van der Waals surface area contributed by atoms with Crippen LogP contribution in [-0.4, -0.2) is 35.4 Å². The second-order valence-corrected chi connectivity index (χ2v) is 8.50. The summed E-state index contributed by atoms with van der Waals surface area (Å²) >= 11 is 0. The van der Waals surface area contributed by atoms with Gasteiger partial charge in [0.25, 0.3) is 0 Å². The lowest BCUT2D eigenvalue weighted by Gasteiger charge is -2.19. The predicted octanol–water partition coefficient (Wildman–Crippen LogP) is 4.33. The van der Waals surface area contributed by atoms with Crippen LogP contribution in [0.15, 0.2) is 23.1 Å². The van der Waals surface area contributed by atoms with Gasteiger partial charge < -0.3 is 19.4 Å². The third-order valence-corrected chi connectivity index (χ3v) is 4.73. The molecular weight excluding hydrogens is 422 g/mol. The Balaban J connectivity index is 1.97. The van der Waals surface area contributed by atoms with E-state index >= 15 is 4.39 Å². The Bertz CT molecular complexity index is 1140. The number of alkyl carbamates (subject to hydrolysis) is 1. The van der Waals surface area contributed by atoms with Gasteiger partial charge in [-0.3, -0.25) is 4.79 Å². The molecule has 2 aromatic rings. The first-order chi connectivity index (χ1) is 15.0. The molecule has 1 aliphatic rings. The van der Waals surface area contributed by atoms with Gasteiger partial charge in [0, 0.05) is 24.3 Å². The number of carbonyl (C=O) groups excluding carboxylic acids is 2. The van der Waals surface area contributed by atoms with E-state index < -0.39 is 34.7 Å². The summed E-state index contributed by atoms with van der Waals surface area (Å²) in [6.07, 6.45) is 4.71. The van der Waals surface area contributed by atoms with Gasteiger partial charge >= 0.3 is 12.1 Å². The zero-order valence-corrected chi connectivity index (χ0v) is 18.5. The third kappa shape index (κ3) is 5.15. The first kappa shape index (κ1) is 23.4. The van der Waals surface area contributed by atoms with Gasteiger partial charge in [-0.1, -0.05) is 12.2 Å². The highest BCUT2D eigenvalue weighted by Gasteiger charge is 2.29. The van der Waals surface area contributed by atoms with Gasteiger partial charge in [-0.05, 0) is 46.6 Å². The van der Waals surface area contributed by atoms with Crippen LogP contribution in [0.5, 0.6) is 0 Å². The highest BCUT2D eigenvalue weighted by atomic mass is 19.1. The molecule has 0 saturated heterocycles. The fourth-order valence-electron chi connectivity index (χ4n) is 3.24. The number of hydrogen-bond acceptors (Lipinski definition) is 5. The number of halogens is 2. The molecular formula is C23H26F2N2O5. The summed E-state index contributed by atoms with van der Waals surface area (Å²) in [5.41, 5.74) is -2.11. The van der Waals surface area contributed by atoms with Crippen LogP contribution in [0.4, 0.5) is 13.6 Å². The van der Waals surface area contributed by atoms with Crippen molar-refractivity contribution in [3.05, 3.63) is 51.3 Å². The van der Waals surface area contributed by atoms with E-state index in [4.69, 9.17) is 9.47 Å². The number of nitrogens with zero attached hydrogens (tertiary/aromatic N) is 1. The Morgan fingerprint density at radius 3 is 2.56 bits per heavy atom. The molecule has 1 saturated carbocycles. The van der Waals surface area contributed by atoms with Crippen LogP contribution in [0.1, 0.15) is 62.5 Å². The van der Waals surface area contributed by atoms with Gasteiger partial charge in [0.2, 0.25) is 5.43 Å². The largest absolute Gasteiger partial charge is 0.462 e. The molecule has 1 heterocycles. The number of aromatic nitrogens is 1. The van der Waals surface area contributed by atoms with Crippen molar-refractivity contribution in [2.45, 2.75) is 52.2 Å². The summed E-state index contributed by atoms with van der Waals surface area (Å²) in [6, 6.07) is 0.848. The van der Waals surface area contributed by atoms with E-state index in [1.165, 1.54) is 22.9 Å². The molecule has 0 aliphatic heterocycles. The second-order valence-electron chi connectivity index (χ2n) is 8.50. The number of esters is 1. The van der Waals surface area contributed by atoms with Gasteiger partial charge in [-0.15, -0.1) is 0 Å². The molecule has 1 N–H and O–H groups in total. The zero-order chi connectivity index (χ0) is 23.6. The van der Waals surface area contributed by atoms with E-state index in [2.05, 4.69) is 5.32 Å². The van der Waals surface area contributed by atoms with Gasteiger partial charge in [0.05, 0.1) is 17.5 Å². The average molecular weight is 448 g/mol. The van der Waals surface area contributed by atoms with Crippen molar-refractivity contribution in [3.63, 3.8) is 0 Å². The van der Waals surface area contributed by atoms with Crippen LogP contribution in [0.25, 0.3) is 17.0 Å². The van der Waals surface area contributed by atoms with E-state index in [1.807, 2.05) is 0 Å². The fraction of sp³-hybridized carbons (Fsp3) is 0.435. The van der Waals surface area contributed by atoms with E-state index in [0.29, 0.717) is 0 Å². The summed E-state index contributed by atoms with van der Waals surface area (Å²) in [4.78, 5) is 36.6. The van der Waals surface area contributed by atoms with Gasteiger partial charge in [-0.2, -0.15) is 0 Å². The second kappa shape index (κ2) is 9.10. The van der Waals surface area contributed by atoms with Crippen molar-refractivity contribution < 1.29 is 27.8 Å². The number of carbonyl (C=O) groups is 2. The predicted molar refractivity (Wildman–Crippen MR) is 116 cm³/mol. The maximum atomic E-state index is 15.4. The maximum absolute atomic E-state index is 15.4. The highest BCUT2D eigenvalue weighted by Crippen LogP contribution is 2.38. The quantitative estimate of drug-likeness (QED) is 0.665. The molecule has 0 bridgehead atoms. The number of amides is 1. The Kier molecular flexibility index (Phi) is 6.66. The summed E-state index contributed by atoms with van der Waals surface area (Å²) in [7, 11) is 0. The fourth-order valence-corrected chi connectivity index (χ4v) is 3.24. The normalized spacial score (nSPS) is 14.1. The average Bonchev–Trinajstić information content (AvgIpc) is 3.52. The molecule has 1 fully saturated rings. The van der Waals surface area contributed by atoms with Gasteiger partial charge in [0.1, 0.15) is 17.0 Å². The molecule has 0 spiro atoms. The zero-order valence-electron chi connectivity index (χ0n) is 18.5. The lowest BCUT2D eigenvalue weighted by molar-refractivity contribution is 0.0517. The minimum atomic E-state index is -0.955. The smallest absolute Gasteiger partial charge is 0.407 e. The first-order valence-electron chi connectivity index (χ1n) is 10.4. The van der Waals surface area contributed by atoms with Crippen LogP contribution in [-0.2, 0) is 9.47 Å². The monoisotopic (exact) mass is 448 g/mol. The Labute approximate surface area is 184 Å². The minimum Gasteiger partial charge on any atom is -0.462 e. The maximum Gasteiger partial charge on any atom is 0.407 e. The molecule has 3 rings (SSSR count). The van der Waals surface area contributed by atoms with Crippen LogP contribution >= 0.6 is 0 Å². The van der Waals surface area contributed by atoms with Crippen molar-refractivity contribution >= 4 is 29.0 Å². The summed E-state index contributed by atoms with van der Waals surface area (Å²) in [6.45, 7) is 6.82. The standard InChI is InChI=1S/C23H26F2N2O5/c1-5-31-21(29)16-12-27(13-8-9-13)19-15(20(16)28)11-17(24)14(18(19)25)7-6-10-26-22(30)32-23(2,3)4/h6-7,11-13H,5,8-10H2,1-4H3,(H,26,30)/b7-6+. The first-order valence-corrected chi connectivity index (χ1v) is 10.4. The number of rotatable bonds is 6. The summed E-state index contributed by atoms with van der Waals surface area (Å²) < 4.78 is 41.6. The topological polar surface area (TPSA) is 86.6 Å². The molecule has 7 nitrogen and oxygen atoms in total. The Hall–Kier alpha value is -3.23. The number of nitrogens with one attached hydrogen (secondary N) is 1. The summed E-state index contributed by atoms with van der Waals surface area (Å²) in [5, 5.41) is 2.25. The molecule has 1 aliphatic carbocycles. The van der Waals surface area contributed by atoms with Gasteiger partial charge in [0.15, 0.2) is 5.82 Å². The Morgan fingerprint density at radius 1 is 1.28 bits per heavy atom. The number of fused-ring (bicyclic) bond motifs is 1. The van der Waals surface area contributed by atoms with Crippen LogP contribution in [0.3, 0.4) is 0 Å². The van der Waals surface area contributed by atoms with Gasteiger partial charge in [-0.25, -0.2) is 18.4 Å². The van der Waals surface area contributed by atoms with E-state index in [1.54, 1.807) is 27.7 Å². The van der Waals surface area contributed by atoms with E-state index in [9.17, 15) is 18.8 Å². The lowest BCUT2D eigenvalue weighted by atomic mass is 10.1. The lowest BCUT2D eigenvalue weighted by Crippen LogP contribution is -2.32. The molecule has 1 aromatic heterocycles.